The summed E-state index contributed by atoms with van der Waals surface area (Å²) in [7, 11) is 0. The summed E-state index contributed by atoms with van der Waals surface area (Å²) >= 11 is 0. The third kappa shape index (κ3) is 2.87. The number of hydrogen-bond acceptors (Lipinski definition) is 1. The Morgan fingerprint density at radius 3 is 2.29 bits per heavy atom. The molecule has 0 amide bonds. The molecule has 1 aromatic rings. The van der Waals surface area contributed by atoms with E-state index >= 15 is 0 Å². The van der Waals surface area contributed by atoms with Gasteiger partial charge in [0.15, 0.2) is 0 Å². The van der Waals surface area contributed by atoms with E-state index in [9.17, 15) is 4.79 Å². The molecule has 1 N–H and O–H groups in total. The van der Waals surface area contributed by atoms with Crippen LogP contribution in [0, 0.1) is 5.92 Å². The number of aliphatic carboxylic acids is 1. The molecular weight excluding hydrogens is 176 g/mol. The molecule has 0 radical (unpaired) electrons. The Morgan fingerprint density at radius 1 is 1.29 bits per heavy atom. The van der Waals surface area contributed by atoms with Gasteiger partial charge in [-0.2, -0.15) is 0 Å². The summed E-state index contributed by atoms with van der Waals surface area (Å²) in [4.78, 5) is 11.0. The van der Waals surface area contributed by atoms with Crippen LogP contribution in [0.25, 0.3) is 0 Å². The SMILES string of the molecule is CC(C)C[C@H](C(=O)O)c1ccccc1. The van der Waals surface area contributed by atoms with Crippen molar-refractivity contribution in [3.63, 3.8) is 0 Å². The van der Waals surface area contributed by atoms with Gasteiger partial charge in [0.1, 0.15) is 0 Å². The first kappa shape index (κ1) is 10.8. The van der Waals surface area contributed by atoms with Crippen LogP contribution in [0.4, 0.5) is 0 Å². The first-order valence-corrected chi connectivity index (χ1v) is 4.89. The lowest BCUT2D eigenvalue weighted by molar-refractivity contribution is -0.139. The summed E-state index contributed by atoms with van der Waals surface area (Å²) in [5.41, 5.74) is 0.897. The normalized spacial score (nSPS) is 12.8. The Bertz CT molecular complexity index is 290. The summed E-state index contributed by atoms with van der Waals surface area (Å²) < 4.78 is 0. The van der Waals surface area contributed by atoms with Crippen molar-refractivity contribution in [2.75, 3.05) is 0 Å². The maximum atomic E-state index is 11.0. The van der Waals surface area contributed by atoms with Crippen molar-refractivity contribution in [3.05, 3.63) is 35.9 Å². The van der Waals surface area contributed by atoms with Crippen molar-refractivity contribution in [1.82, 2.24) is 0 Å². The molecule has 76 valence electrons. The summed E-state index contributed by atoms with van der Waals surface area (Å²) in [5, 5.41) is 9.08. The van der Waals surface area contributed by atoms with Crippen LogP contribution in [0.2, 0.25) is 0 Å². The number of carbonyl (C=O) groups is 1. The highest BCUT2D eigenvalue weighted by Gasteiger charge is 2.20. The molecule has 0 saturated carbocycles. The van der Waals surface area contributed by atoms with Crippen LogP contribution in [0.3, 0.4) is 0 Å². The minimum Gasteiger partial charge on any atom is -0.481 e. The number of hydrogen-bond donors (Lipinski definition) is 1. The lowest BCUT2D eigenvalue weighted by Gasteiger charge is -2.14. The molecule has 1 aromatic carbocycles. The monoisotopic (exact) mass is 192 g/mol. The van der Waals surface area contributed by atoms with Gasteiger partial charge in [0.2, 0.25) is 0 Å². The van der Waals surface area contributed by atoms with E-state index in [1.807, 2.05) is 44.2 Å². The Balaban J connectivity index is 2.84. The fourth-order valence-corrected chi connectivity index (χ4v) is 1.54. The van der Waals surface area contributed by atoms with Crippen LogP contribution >= 0.6 is 0 Å². The average molecular weight is 192 g/mol. The van der Waals surface area contributed by atoms with Crippen LogP contribution in [-0.2, 0) is 4.79 Å². The molecule has 0 bridgehead atoms. The zero-order valence-electron chi connectivity index (χ0n) is 8.60. The summed E-state index contributed by atoms with van der Waals surface area (Å²) in [6.07, 6.45) is 0.694. The second-order valence-corrected chi connectivity index (χ2v) is 3.93. The van der Waals surface area contributed by atoms with E-state index in [1.54, 1.807) is 0 Å². The van der Waals surface area contributed by atoms with Crippen LogP contribution in [0.15, 0.2) is 30.3 Å². The summed E-state index contributed by atoms with van der Waals surface area (Å²) in [6.45, 7) is 4.08. The van der Waals surface area contributed by atoms with Crippen LogP contribution < -0.4 is 0 Å². The summed E-state index contributed by atoms with van der Waals surface area (Å²) in [6, 6.07) is 9.41. The van der Waals surface area contributed by atoms with Crippen molar-refractivity contribution < 1.29 is 9.90 Å². The molecule has 2 heteroatoms. The Morgan fingerprint density at radius 2 is 1.86 bits per heavy atom. The molecule has 0 unspecified atom stereocenters. The van der Waals surface area contributed by atoms with Crippen molar-refractivity contribution in [2.24, 2.45) is 5.92 Å². The van der Waals surface area contributed by atoms with Crippen molar-refractivity contribution >= 4 is 5.97 Å². The predicted octanol–water partition coefficient (Wildman–Crippen LogP) is 2.90. The van der Waals surface area contributed by atoms with Crippen molar-refractivity contribution in [2.45, 2.75) is 26.2 Å². The van der Waals surface area contributed by atoms with Gasteiger partial charge in [0, 0.05) is 0 Å². The Hall–Kier alpha value is -1.31. The molecule has 0 saturated heterocycles. The van der Waals surface area contributed by atoms with E-state index < -0.39 is 5.97 Å². The molecular formula is C12H16O2. The smallest absolute Gasteiger partial charge is 0.310 e. The molecule has 0 aliphatic rings. The molecule has 0 aromatic heterocycles. The molecule has 0 aliphatic carbocycles. The van der Waals surface area contributed by atoms with Gasteiger partial charge >= 0.3 is 5.97 Å². The number of carboxylic acids is 1. The van der Waals surface area contributed by atoms with Gasteiger partial charge in [-0.05, 0) is 17.9 Å². The van der Waals surface area contributed by atoms with Gasteiger partial charge < -0.3 is 5.11 Å². The Labute approximate surface area is 84.6 Å². The average Bonchev–Trinajstić information content (AvgIpc) is 2.15. The maximum Gasteiger partial charge on any atom is 0.310 e. The van der Waals surface area contributed by atoms with Crippen molar-refractivity contribution in [3.8, 4) is 0 Å². The highest BCUT2D eigenvalue weighted by Crippen LogP contribution is 2.23. The third-order valence-electron chi connectivity index (χ3n) is 2.21. The minimum absolute atomic E-state index is 0.365. The van der Waals surface area contributed by atoms with E-state index in [2.05, 4.69) is 0 Å². The van der Waals surface area contributed by atoms with Crippen molar-refractivity contribution in [1.29, 1.82) is 0 Å². The van der Waals surface area contributed by atoms with Crippen LogP contribution in [0.1, 0.15) is 31.7 Å². The van der Waals surface area contributed by atoms with E-state index in [4.69, 9.17) is 5.11 Å². The lowest BCUT2D eigenvalue weighted by Crippen LogP contribution is -2.13. The topological polar surface area (TPSA) is 37.3 Å². The van der Waals surface area contributed by atoms with E-state index in [0.29, 0.717) is 12.3 Å². The highest BCUT2D eigenvalue weighted by atomic mass is 16.4. The predicted molar refractivity (Wildman–Crippen MR) is 56.3 cm³/mol. The number of rotatable bonds is 4. The number of benzene rings is 1. The maximum absolute atomic E-state index is 11.0. The van der Waals surface area contributed by atoms with Gasteiger partial charge in [0.05, 0.1) is 5.92 Å². The molecule has 2 nitrogen and oxygen atoms in total. The quantitative estimate of drug-likeness (QED) is 0.796. The van der Waals surface area contributed by atoms with Crippen LogP contribution in [0.5, 0.6) is 0 Å². The molecule has 14 heavy (non-hydrogen) atoms. The van der Waals surface area contributed by atoms with Crippen LogP contribution in [-0.4, -0.2) is 11.1 Å². The molecule has 1 atom stereocenters. The standard InChI is InChI=1S/C12H16O2/c1-9(2)8-11(12(13)14)10-6-4-3-5-7-10/h3-7,9,11H,8H2,1-2H3,(H,13,14)/t11-/m0/s1. The minimum atomic E-state index is -0.732. The number of carboxylic acid groups (broad SMARTS) is 1. The third-order valence-corrected chi connectivity index (χ3v) is 2.21. The second-order valence-electron chi connectivity index (χ2n) is 3.93. The van der Waals surface area contributed by atoms with Gasteiger partial charge in [-0.3, -0.25) is 4.79 Å². The molecule has 0 heterocycles. The highest BCUT2D eigenvalue weighted by molar-refractivity contribution is 5.76. The molecule has 1 rings (SSSR count). The van der Waals surface area contributed by atoms with E-state index in [0.717, 1.165) is 5.56 Å². The molecule has 0 aliphatic heterocycles. The van der Waals surface area contributed by atoms with Gasteiger partial charge in [-0.15, -0.1) is 0 Å². The van der Waals surface area contributed by atoms with E-state index in [1.165, 1.54) is 0 Å². The Kier molecular flexibility index (Phi) is 3.69. The van der Waals surface area contributed by atoms with Gasteiger partial charge in [-0.25, -0.2) is 0 Å². The fourth-order valence-electron chi connectivity index (χ4n) is 1.54. The molecule has 0 spiro atoms. The van der Waals surface area contributed by atoms with Gasteiger partial charge in [-0.1, -0.05) is 44.2 Å². The zero-order chi connectivity index (χ0) is 10.6. The largest absolute Gasteiger partial charge is 0.481 e. The first-order chi connectivity index (χ1) is 6.61. The zero-order valence-corrected chi connectivity index (χ0v) is 8.60. The second kappa shape index (κ2) is 4.80. The fraction of sp³-hybridized carbons (Fsp3) is 0.417. The van der Waals surface area contributed by atoms with E-state index in [-0.39, 0.29) is 5.92 Å². The molecule has 0 fully saturated rings. The first-order valence-electron chi connectivity index (χ1n) is 4.89. The summed E-state index contributed by atoms with van der Waals surface area (Å²) in [5.74, 6) is -0.697. The van der Waals surface area contributed by atoms with Gasteiger partial charge in [0.25, 0.3) is 0 Å². The lowest BCUT2D eigenvalue weighted by atomic mass is 9.90.